The van der Waals surface area contributed by atoms with Crippen LogP contribution in [0.5, 0.6) is 0 Å². The maximum Gasteiger partial charge on any atom is 0.195 e. The van der Waals surface area contributed by atoms with E-state index in [0.29, 0.717) is 6.54 Å². The Morgan fingerprint density at radius 1 is 1.31 bits per heavy atom. The minimum Gasteiger partial charge on any atom is -0.349 e. The largest absolute Gasteiger partial charge is 0.349 e. The molecule has 0 unspecified atom stereocenters. The first-order chi connectivity index (χ1) is 7.00. The van der Waals surface area contributed by atoms with Crippen molar-refractivity contribution < 1.29 is 0 Å². The van der Waals surface area contributed by atoms with E-state index >= 15 is 0 Å². The average Bonchev–Trinajstić information content (AvgIpc) is 2.50. The summed E-state index contributed by atoms with van der Waals surface area (Å²) in [6, 6.07) is 0. The second-order valence-corrected chi connectivity index (χ2v) is 4.73. The third kappa shape index (κ3) is 4.65. The molecule has 1 heterocycles. The smallest absolute Gasteiger partial charge is 0.195 e. The van der Waals surface area contributed by atoms with E-state index in [-0.39, 0.29) is 24.0 Å². The lowest BCUT2D eigenvalue weighted by Crippen LogP contribution is -2.35. The van der Waals surface area contributed by atoms with Crippen molar-refractivity contribution in [3.63, 3.8) is 0 Å². The fraction of sp³-hybridized carbons (Fsp3) is 0.600. The quantitative estimate of drug-likeness (QED) is 0.463. The van der Waals surface area contributed by atoms with Gasteiger partial charge in [0.2, 0.25) is 0 Å². The lowest BCUT2D eigenvalue weighted by molar-refractivity contribution is 0.479. The van der Waals surface area contributed by atoms with Crippen LogP contribution in [0.1, 0.15) is 10.7 Å². The Labute approximate surface area is 118 Å². The number of halogens is 1. The molecule has 1 aromatic heterocycles. The molecule has 0 saturated heterocycles. The molecule has 1 rings (SSSR count). The fourth-order valence-corrected chi connectivity index (χ4v) is 1.99. The van der Waals surface area contributed by atoms with Crippen LogP contribution in [0.4, 0.5) is 0 Å². The number of nitrogens with zero attached hydrogens (tertiary/aromatic N) is 4. The maximum absolute atomic E-state index is 4.52. The summed E-state index contributed by atoms with van der Waals surface area (Å²) in [6.07, 6.45) is 0. The summed E-state index contributed by atoms with van der Waals surface area (Å²) in [6.45, 7) is 2.66. The predicted octanol–water partition coefficient (Wildman–Crippen LogP) is 2.05. The number of rotatable bonds is 2. The van der Waals surface area contributed by atoms with Crippen molar-refractivity contribution in [1.29, 1.82) is 0 Å². The number of hydrogen-bond acceptors (Lipinski definition) is 3. The van der Waals surface area contributed by atoms with Crippen LogP contribution in [0.15, 0.2) is 10.4 Å². The van der Waals surface area contributed by atoms with Crippen LogP contribution in [0.3, 0.4) is 0 Å². The van der Waals surface area contributed by atoms with Gasteiger partial charge in [-0.15, -0.1) is 35.3 Å². The van der Waals surface area contributed by atoms with Gasteiger partial charge in [0.15, 0.2) is 5.96 Å². The highest BCUT2D eigenvalue weighted by Gasteiger charge is 2.04. The standard InChI is InChI=1S/C10H18N4S.HI/c1-8-7-15-9(12-8)6-11-10(13(2)3)14(4)5;/h7H,6H2,1-5H3;1H. The summed E-state index contributed by atoms with van der Waals surface area (Å²) in [5.74, 6) is 0.961. The first kappa shape index (κ1) is 15.6. The average molecular weight is 354 g/mol. The predicted molar refractivity (Wildman–Crippen MR) is 80.8 cm³/mol. The van der Waals surface area contributed by atoms with Crippen molar-refractivity contribution in [2.75, 3.05) is 28.2 Å². The Bertz CT molecular complexity index is 336. The van der Waals surface area contributed by atoms with E-state index in [2.05, 4.69) is 15.4 Å². The second kappa shape index (κ2) is 7.05. The van der Waals surface area contributed by atoms with Crippen molar-refractivity contribution in [2.24, 2.45) is 4.99 Å². The van der Waals surface area contributed by atoms with Gasteiger partial charge in [-0.2, -0.15) is 0 Å². The van der Waals surface area contributed by atoms with Gasteiger partial charge in [-0.05, 0) is 6.92 Å². The zero-order chi connectivity index (χ0) is 11.4. The van der Waals surface area contributed by atoms with Gasteiger partial charge in [-0.1, -0.05) is 0 Å². The summed E-state index contributed by atoms with van der Waals surface area (Å²) in [7, 11) is 7.97. The summed E-state index contributed by atoms with van der Waals surface area (Å²) < 4.78 is 0. The molecule has 0 aliphatic heterocycles. The van der Waals surface area contributed by atoms with Crippen molar-refractivity contribution in [1.82, 2.24) is 14.8 Å². The van der Waals surface area contributed by atoms with E-state index in [9.17, 15) is 0 Å². The van der Waals surface area contributed by atoms with Crippen molar-refractivity contribution >= 4 is 41.3 Å². The van der Waals surface area contributed by atoms with Crippen LogP contribution < -0.4 is 0 Å². The highest BCUT2D eigenvalue weighted by atomic mass is 127. The van der Waals surface area contributed by atoms with Crippen LogP contribution in [0, 0.1) is 6.92 Å². The normalized spacial score (nSPS) is 9.31. The Hall–Kier alpha value is -0.370. The van der Waals surface area contributed by atoms with Crippen LogP contribution in [-0.2, 0) is 6.54 Å². The van der Waals surface area contributed by atoms with E-state index in [4.69, 9.17) is 0 Å². The first-order valence-corrected chi connectivity index (χ1v) is 5.68. The first-order valence-electron chi connectivity index (χ1n) is 4.81. The number of guanidine groups is 1. The number of aliphatic imine (C=N–C) groups is 1. The molecule has 0 spiro atoms. The Kier molecular flexibility index (Phi) is 6.89. The van der Waals surface area contributed by atoms with Gasteiger partial charge < -0.3 is 9.80 Å². The van der Waals surface area contributed by atoms with Crippen LogP contribution in [-0.4, -0.2) is 48.9 Å². The topological polar surface area (TPSA) is 31.7 Å². The van der Waals surface area contributed by atoms with E-state index in [1.165, 1.54) is 0 Å². The van der Waals surface area contributed by atoms with Crippen molar-refractivity contribution in [3.05, 3.63) is 16.1 Å². The third-order valence-corrected chi connectivity index (χ3v) is 2.77. The molecule has 0 aromatic carbocycles. The van der Waals surface area contributed by atoms with Crippen LogP contribution >= 0.6 is 35.3 Å². The third-order valence-electron chi connectivity index (χ3n) is 1.82. The highest BCUT2D eigenvalue weighted by molar-refractivity contribution is 14.0. The van der Waals surface area contributed by atoms with E-state index in [0.717, 1.165) is 16.7 Å². The molecule has 0 saturated carbocycles. The molecular formula is C10H19IN4S. The molecule has 0 bridgehead atoms. The van der Waals surface area contributed by atoms with Crippen molar-refractivity contribution in [2.45, 2.75) is 13.5 Å². The minimum absolute atomic E-state index is 0. The molecule has 0 aliphatic rings. The minimum atomic E-state index is 0. The second-order valence-electron chi connectivity index (χ2n) is 3.79. The number of aryl methyl sites for hydroxylation is 1. The molecule has 1 aromatic rings. The summed E-state index contributed by atoms with van der Waals surface area (Å²) in [4.78, 5) is 12.9. The Morgan fingerprint density at radius 2 is 1.88 bits per heavy atom. The molecule has 0 amide bonds. The summed E-state index contributed by atoms with van der Waals surface area (Å²) >= 11 is 1.66. The number of aromatic nitrogens is 1. The van der Waals surface area contributed by atoms with Crippen LogP contribution in [0.2, 0.25) is 0 Å². The number of thiazole rings is 1. The maximum atomic E-state index is 4.52. The van der Waals surface area contributed by atoms with Gasteiger partial charge >= 0.3 is 0 Å². The lowest BCUT2D eigenvalue weighted by atomic mass is 10.6. The lowest BCUT2D eigenvalue weighted by Gasteiger charge is -2.22. The Morgan fingerprint density at radius 3 is 2.25 bits per heavy atom. The van der Waals surface area contributed by atoms with Gasteiger partial charge in [-0.25, -0.2) is 9.98 Å². The molecule has 6 heteroatoms. The van der Waals surface area contributed by atoms with Gasteiger partial charge in [-0.3, -0.25) is 0 Å². The molecule has 4 nitrogen and oxygen atoms in total. The van der Waals surface area contributed by atoms with Crippen LogP contribution in [0.25, 0.3) is 0 Å². The van der Waals surface area contributed by atoms with E-state index < -0.39 is 0 Å². The molecule has 16 heavy (non-hydrogen) atoms. The van der Waals surface area contributed by atoms with Gasteiger partial charge in [0.25, 0.3) is 0 Å². The molecule has 92 valence electrons. The van der Waals surface area contributed by atoms with Gasteiger partial charge in [0.05, 0.1) is 6.54 Å². The molecule has 0 aliphatic carbocycles. The van der Waals surface area contributed by atoms with Gasteiger partial charge in [0, 0.05) is 39.3 Å². The molecule has 0 radical (unpaired) electrons. The highest BCUT2D eigenvalue weighted by Crippen LogP contribution is 2.09. The summed E-state index contributed by atoms with van der Waals surface area (Å²) in [5, 5.41) is 3.12. The number of hydrogen-bond donors (Lipinski definition) is 0. The molecule has 0 atom stereocenters. The fourth-order valence-electron chi connectivity index (χ4n) is 1.30. The zero-order valence-corrected chi connectivity index (χ0v) is 13.5. The van der Waals surface area contributed by atoms with Crippen molar-refractivity contribution in [3.8, 4) is 0 Å². The SMILES string of the molecule is Cc1csc(CN=C(N(C)C)N(C)C)n1.I. The molecular weight excluding hydrogens is 335 g/mol. The monoisotopic (exact) mass is 354 g/mol. The van der Waals surface area contributed by atoms with Gasteiger partial charge in [0.1, 0.15) is 5.01 Å². The summed E-state index contributed by atoms with van der Waals surface area (Å²) in [5.41, 5.74) is 1.07. The van der Waals surface area contributed by atoms with E-state index in [1.807, 2.05) is 44.9 Å². The Balaban J connectivity index is 0.00000225. The zero-order valence-electron chi connectivity index (χ0n) is 10.4. The molecule has 0 fully saturated rings. The van der Waals surface area contributed by atoms with E-state index in [1.54, 1.807) is 11.3 Å². The molecule has 0 N–H and O–H groups in total.